The fraction of sp³-hybridized carbons (Fsp3) is 0.143. The quantitative estimate of drug-likeness (QED) is 0.581. The molecular formula is C14H10BrCl3O. The van der Waals surface area contributed by atoms with Crippen molar-refractivity contribution in [2.75, 3.05) is 0 Å². The van der Waals surface area contributed by atoms with Crippen molar-refractivity contribution in [3.05, 3.63) is 62.6 Å². The zero-order valence-corrected chi connectivity index (χ0v) is 13.7. The highest BCUT2D eigenvalue weighted by Gasteiger charge is 2.07. The van der Waals surface area contributed by atoms with E-state index in [0.717, 1.165) is 16.5 Å². The molecule has 1 nitrogen and oxygen atoms in total. The Hall–Kier alpha value is -0.410. The Balaban J connectivity index is 2.12. The highest BCUT2D eigenvalue weighted by molar-refractivity contribution is 9.08. The number of hydrogen-bond donors (Lipinski definition) is 0. The summed E-state index contributed by atoms with van der Waals surface area (Å²) in [5.41, 5.74) is 1.92. The summed E-state index contributed by atoms with van der Waals surface area (Å²) in [5.74, 6) is 0.627. The molecule has 0 saturated carbocycles. The number of hydrogen-bond acceptors (Lipinski definition) is 1. The Morgan fingerprint density at radius 3 is 2.47 bits per heavy atom. The summed E-state index contributed by atoms with van der Waals surface area (Å²) in [6.45, 7) is 0.326. The van der Waals surface area contributed by atoms with Gasteiger partial charge in [-0.25, -0.2) is 0 Å². The van der Waals surface area contributed by atoms with Gasteiger partial charge < -0.3 is 4.74 Å². The number of ether oxygens (including phenoxy) is 1. The Kier molecular flexibility index (Phi) is 5.40. The van der Waals surface area contributed by atoms with Crippen molar-refractivity contribution in [1.29, 1.82) is 0 Å². The Bertz CT molecular complexity index is 587. The topological polar surface area (TPSA) is 9.23 Å². The fourth-order valence-corrected chi connectivity index (χ4v) is 2.54. The second-order valence-electron chi connectivity index (χ2n) is 3.90. The van der Waals surface area contributed by atoms with Crippen molar-refractivity contribution in [2.45, 2.75) is 11.9 Å². The standard InChI is InChI=1S/C14H10BrCl3O/c15-7-9-4-5-13(12(17)6-9)19-8-10-2-1-3-11(16)14(10)18/h1-6H,7-8H2. The summed E-state index contributed by atoms with van der Waals surface area (Å²) in [6, 6.07) is 11.1. The summed E-state index contributed by atoms with van der Waals surface area (Å²) in [5, 5.41) is 2.36. The van der Waals surface area contributed by atoms with Crippen LogP contribution in [0.5, 0.6) is 5.75 Å². The third-order valence-electron chi connectivity index (χ3n) is 2.57. The van der Waals surface area contributed by atoms with Gasteiger partial charge in [0.05, 0.1) is 15.1 Å². The molecular weight excluding hydrogens is 370 g/mol. The maximum absolute atomic E-state index is 6.14. The van der Waals surface area contributed by atoms with Crippen molar-refractivity contribution >= 4 is 50.7 Å². The molecule has 2 rings (SSSR count). The molecule has 0 N–H and O–H groups in total. The highest BCUT2D eigenvalue weighted by Crippen LogP contribution is 2.30. The predicted molar refractivity (Wildman–Crippen MR) is 84.9 cm³/mol. The summed E-state index contributed by atoms with van der Waals surface area (Å²) < 4.78 is 5.67. The van der Waals surface area contributed by atoms with E-state index >= 15 is 0 Å². The summed E-state index contributed by atoms with van der Waals surface area (Å²) in [4.78, 5) is 0. The van der Waals surface area contributed by atoms with Crippen LogP contribution in [0.2, 0.25) is 15.1 Å². The second kappa shape index (κ2) is 6.85. The van der Waals surface area contributed by atoms with Gasteiger partial charge in [0.2, 0.25) is 0 Å². The molecule has 0 amide bonds. The van der Waals surface area contributed by atoms with Crippen LogP contribution < -0.4 is 4.74 Å². The number of halogens is 4. The minimum atomic E-state index is 0.326. The summed E-state index contributed by atoms with van der Waals surface area (Å²) >= 11 is 21.6. The molecule has 0 unspecified atom stereocenters. The smallest absolute Gasteiger partial charge is 0.138 e. The zero-order valence-electron chi connectivity index (χ0n) is 9.80. The molecule has 2 aromatic rings. The van der Waals surface area contributed by atoms with Crippen LogP contribution in [-0.4, -0.2) is 0 Å². The third-order valence-corrected chi connectivity index (χ3v) is 4.37. The Morgan fingerprint density at radius 1 is 1.00 bits per heavy atom. The lowest BCUT2D eigenvalue weighted by Crippen LogP contribution is -1.97. The maximum atomic E-state index is 6.14. The van der Waals surface area contributed by atoms with Crippen molar-refractivity contribution in [3.8, 4) is 5.75 Å². The molecule has 0 aromatic heterocycles. The lowest BCUT2D eigenvalue weighted by molar-refractivity contribution is 0.306. The minimum absolute atomic E-state index is 0.326. The molecule has 0 heterocycles. The summed E-state index contributed by atoms with van der Waals surface area (Å²) in [6.07, 6.45) is 0. The average Bonchev–Trinajstić information content (AvgIpc) is 2.41. The monoisotopic (exact) mass is 378 g/mol. The molecule has 0 radical (unpaired) electrons. The number of rotatable bonds is 4. The molecule has 0 spiro atoms. The average molecular weight is 380 g/mol. The molecule has 100 valence electrons. The van der Waals surface area contributed by atoms with E-state index in [1.807, 2.05) is 30.3 Å². The zero-order chi connectivity index (χ0) is 13.8. The molecule has 0 aliphatic heterocycles. The van der Waals surface area contributed by atoms with E-state index in [-0.39, 0.29) is 0 Å². The molecule has 0 bridgehead atoms. The van der Waals surface area contributed by atoms with Gasteiger partial charge in [-0.2, -0.15) is 0 Å². The van der Waals surface area contributed by atoms with Crippen LogP contribution in [0.15, 0.2) is 36.4 Å². The van der Waals surface area contributed by atoms with E-state index in [1.165, 1.54) is 0 Å². The van der Waals surface area contributed by atoms with Gasteiger partial charge in [0.1, 0.15) is 12.4 Å². The van der Waals surface area contributed by atoms with E-state index < -0.39 is 0 Å². The van der Waals surface area contributed by atoms with Crippen LogP contribution in [0.3, 0.4) is 0 Å². The van der Waals surface area contributed by atoms with Crippen LogP contribution in [0.25, 0.3) is 0 Å². The molecule has 0 fully saturated rings. The lowest BCUT2D eigenvalue weighted by atomic mass is 10.2. The van der Waals surface area contributed by atoms with E-state index in [1.54, 1.807) is 6.07 Å². The number of alkyl halides is 1. The summed E-state index contributed by atoms with van der Waals surface area (Å²) in [7, 11) is 0. The van der Waals surface area contributed by atoms with Gasteiger partial charge in [0, 0.05) is 10.9 Å². The third kappa shape index (κ3) is 3.79. The van der Waals surface area contributed by atoms with Gasteiger partial charge in [-0.1, -0.05) is 68.9 Å². The molecule has 0 aliphatic rings. The van der Waals surface area contributed by atoms with E-state index in [2.05, 4.69) is 15.9 Å². The van der Waals surface area contributed by atoms with Gasteiger partial charge in [-0.3, -0.25) is 0 Å². The van der Waals surface area contributed by atoms with Crippen LogP contribution >= 0.6 is 50.7 Å². The molecule has 2 aromatic carbocycles. The molecule has 0 atom stereocenters. The van der Waals surface area contributed by atoms with Crippen LogP contribution in [0.1, 0.15) is 11.1 Å². The second-order valence-corrected chi connectivity index (χ2v) is 5.65. The van der Waals surface area contributed by atoms with Crippen molar-refractivity contribution in [2.24, 2.45) is 0 Å². The molecule has 0 aliphatic carbocycles. The first kappa shape index (κ1) is 15.0. The lowest BCUT2D eigenvalue weighted by Gasteiger charge is -2.10. The van der Waals surface area contributed by atoms with Gasteiger partial charge in [0.25, 0.3) is 0 Å². The van der Waals surface area contributed by atoms with E-state index in [9.17, 15) is 0 Å². The fourth-order valence-electron chi connectivity index (χ4n) is 1.56. The molecule has 0 saturated heterocycles. The molecule has 19 heavy (non-hydrogen) atoms. The van der Waals surface area contributed by atoms with E-state index in [0.29, 0.717) is 27.4 Å². The van der Waals surface area contributed by atoms with Crippen LogP contribution in [0, 0.1) is 0 Å². The molecule has 5 heteroatoms. The Labute approximate surface area is 135 Å². The van der Waals surface area contributed by atoms with Crippen LogP contribution in [-0.2, 0) is 11.9 Å². The number of benzene rings is 2. The van der Waals surface area contributed by atoms with Gasteiger partial charge in [0.15, 0.2) is 0 Å². The van der Waals surface area contributed by atoms with E-state index in [4.69, 9.17) is 39.5 Å². The largest absolute Gasteiger partial charge is 0.487 e. The maximum Gasteiger partial charge on any atom is 0.138 e. The first-order valence-corrected chi connectivity index (χ1v) is 7.77. The Morgan fingerprint density at radius 2 is 1.79 bits per heavy atom. The predicted octanol–water partition coefficient (Wildman–Crippen LogP) is 6.12. The SMILES string of the molecule is Clc1cc(CBr)ccc1OCc1cccc(Cl)c1Cl. The van der Waals surface area contributed by atoms with Crippen LogP contribution in [0.4, 0.5) is 0 Å². The first-order valence-electron chi connectivity index (χ1n) is 5.52. The van der Waals surface area contributed by atoms with Gasteiger partial charge in [-0.05, 0) is 23.8 Å². The van der Waals surface area contributed by atoms with Gasteiger partial charge >= 0.3 is 0 Å². The van der Waals surface area contributed by atoms with Crippen molar-refractivity contribution in [3.63, 3.8) is 0 Å². The van der Waals surface area contributed by atoms with Crippen molar-refractivity contribution in [1.82, 2.24) is 0 Å². The normalized spacial score (nSPS) is 10.5. The van der Waals surface area contributed by atoms with Gasteiger partial charge in [-0.15, -0.1) is 0 Å². The first-order chi connectivity index (χ1) is 9.11. The minimum Gasteiger partial charge on any atom is -0.487 e. The van der Waals surface area contributed by atoms with Crippen molar-refractivity contribution < 1.29 is 4.74 Å². The highest BCUT2D eigenvalue weighted by atomic mass is 79.9.